The standard InChI is InChI=1S/C29H30Cl2N2O3/c30-23-12-8-15-25(18-23)36-20-28(34)33(19-22-11-4-7-16-26(22)31)27(17-21-9-2-1-3-10-21)29(35)32-24-13-5-6-14-24/h1-4,7-12,15-16,18,24,27H,5-6,13-14,17,19-20H2,(H,32,35). The van der Waals surface area contributed by atoms with Crippen LogP contribution in [0.1, 0.15) is 36.8 Å². The van der Waals surface area contributed by atoms with E-state index >= 15 is 0 Å². The van der Waals surface area contributed by atoms with Crippen LogP contribution in [0.15, 0.2) is 78.9 Å². The van der Waals surface area contributed by atoms with E-state index in [0.717, 1.165) is 36.8 Å². The van der Waals surface area contributed by atoms with Crippen LogP contribution in [0.2, 0.25) is 10.0 Å². The Balaban J connectivity index is 1.62. The van der Waals surface area contributed by atoms with Crippen LogP contribution < -0.4 is 10.1 Å². The monoisotopic (exact) mass is 524 g/mol. The normalized spacial score (nSPS) is 14.3. The molecular formula is C29H30Cl2N2O3. The molecule has 1 atom stereocenters. The number of hydrogen-bond acceptors (Lipinski definition) is 3. The largest absolute Gasteiger partial charge is 0.484 e. The highest BCUT2D eigenvalue weighted by molar-refractivity contribution is 6.31. The van der Waals surface area contributed by atoms with Crippen molar-refractivity contribution in [2.24, 2.45) is 0 Å². The fourth-order valence-electron chi connectivity index (χ4n) is 4.52. The summed E-state index contributed by atoms with van der Waals surface area (Å²) in [6.07, 6.45) is 4.50. The van der Waals surface area contributed by atoms with Crippen LogP contribution in [-0.4, -0.2) is 35.4 Å². The summed E-state index contributed by atoms with van der Waals surface area (Å²) in [7, 11) is 0. The van der Waals surface area contributed by atoms with Gasteiger partial charge in [0.2, 0.25) is 5.91 Å². The molecule has 4 rings (SSSR count). The van der Waals surface area contributed by atoms with Crippen molar-refractivity contribution in [3.8, 4) is 5.75 Å². The third-order valence-corrected chi connectivity index (χ3v) is 7.03. The Bertz CT molecular complexity index is 1170. The molecule has 3 aromatic carbocycles. The van der Waals surface area contributed by atoms with Gasteiger partial charge in [-0.05, 0) is 48.2 Å². The number of hydrogen-bond donors (Lipinski definition) is 1. The average Bonchev–Trinajstić information content (AvgIpc) is 3.39. The molecule has 1 unspecified atom stereocenters. The molecule has 1 fully saturated rings. The van der Waals surface area contributed by atoms with Crippen molar-refractivity contribution < 1.29 is 14.3 Å². The van der Waals surface area contributed by atoms with Gasteiger partial charge in [-0.15, -0.1) is 0 Å². The molecule has 0 bridgehead atoms. The smallest absolute Gasteiger partial charge is 0.261 e. The highest BCUT2D eigenvalue weighted by Gasteiger charge is 2.32. The quantitative estimate of drug-likeness (QED) is 0.350. The van der Waals surface area contributed by atoms with E-state index in [1.54, 1.807) is 35.2 Å². The summed E-state index contributed by atoms with van der Waals surface area (Å²) in [6, 6.07) is 23.4. The van der Waals surface area contributed by atoms with E-state index in [0.29, 0.717) is 22.2 Å². The zero-order valence-electron chi connectivity index (χ0n) is 20.0. The van der Waals surface area contributed by atoms with Gasteiger partial charge in [0.05, 0.1) is 0 Å². The van der Waals surface area contributed by atoms with Crippen LogP contribution >= 0.6 is 23.2 Å². The fourth-order valence-corrected chi connectivity index (χ4v) is 4.89. The second-order valence-corrected chi connectivity index (χ2v) is 9.90. The minimum absolute atomic E-state index is 0.135. The molecule has 0 aliphatic heterocycles. The Labute approximate surface area is 222 Å². The first kappa shape index (κ1) is 26.1. The number of halogens is 2. The number of nitrogens with zero attached hydrogens (tertiary/aromatic N) is 1. The molecule has 1 saturated carbocycles. The molecule has 3 aromatic rings. The summed E-state index contributed by atoms with van der Waals surface area (Å²) < 4.78 is 5.77. The van der Waals surface area contributed by atoms with Gasteiger partial charge in [-0.25, -0.2) is 0 Å². The van der Waals surface area contributed by atoms with Crippen molar-refractivity contribution in [1.82, 2.24) is 10.2 Å². The van der Waals surface area contributed by atoms with E-state index in [1.807, 2.05) is 48.5 Å². The van der Waals surface area contributed by atoms with Crippen LogP contribution in [0.4, 0.5) is 0 Å². The van der Waals surface area contributed by atoms with Gasteiger partial charge in [-0.1, -0.05) is 90.6 Å². The Morgan fingerprint density at radius 3 is 2.39 bits per heavy atom. The molecule has 1 aliphatic carbocycles. The highest BCUT2D eigenvalue weighted by atomic mass is 35.5. The molecule has 7 heteroatoms. The second kappa shape index (κ2) is 12.8. The number of nitrogens with one attached hydrogen (secondary N) is 1. The molecule has 1 aliphatic rings. The van der Waals surface area contributed by atoms with Crippen molar-refractivity contribution in [2.75, 3.05) is 6.61 Å². The fraction of sp³-hybridized carbons (Fsp3) is 0.310. The first-order valence-electron chi connectivity index (χ1n) is 12.2. The van der Waals surface area contributed by atoms with E-state index in [2.05, 4.69) is 5.32 Å². The summed E-state index contributed by atoms with van der Waals surface area (Å²) >= 11 is 12.5. The topological polar surface area (TPSA) is 58.6 Å². The summed E-state index contributed by atoms with van der Waals surface area (Å²) in [4.78, 5) is 28.9. The van der Waals surface area contributed by atoms with Gasteiger partial charge in [-0.3, -0.25) is 9.59 Å². The zero-order valence-corrected chi connectivity index (χ0v) is 21.5. The Hall–Kier alpha value is -3.02. The molecule has 36 heavy (non-hydrogen) atoms. The Kier molecular flexibility index (Phi) is 9.26. The molecule has 2 amide bonds. The van der Waals surface area contributed by atoms with E-state index in [-0.39, 0.29) is 31.0 Å². The lowest BCUT2D eigenvalue weighted by Gasteiger charge is -2.32. The third kappa shape index (κ3) is 7.25. The summed E-state index contributed by atoms with van der Waals surface area (Å²) in [6.45, 7) is -0.0419. The van der Waals surface area contributed by atoms with Gasteiger partial charge >= 0.3 is 0 Å². The molecule has 0 radical (unpaired) electrons. The minimum Gasteiger partial charge on any atom is -0.484 e. The number of amides is 2. The number of ether oxygens (including phenoxy) is 1. The maximum atomic E-state index is 13.6. The predicted molar refractivity (Wildman–Crippen MR) is 143 cm³/mol. The Morgan fingerprint density at radius 2 is 1.67 bits per heavy atom. The summed E-state index contributed by atoms with van der Waals surface area (Å²) in [5, 5.41) is 4.25. The molecule has 1 N–H and O–H groups in total. The molecule has 0 heterocycles. The van der Waals surface area contributed by atoms with Gasteiger partial charge in [0.1, 0.15) is 11.8 Å². The highest BCUT2D eigenvalue weighted by Crippen LogP contribution is 2.23. The van der Waals surface area contributed by atoms with Gasteiger partial charge in [0.25, 0.3) is 5.91 Å². The van der Waals surface area contributed by atoms with Crippen LogP contribution in [-0.2, 0) is 22.6 Å². The lowest BCUT2D eigenvalue weighted by atomic mass is 10.0. The first-order valence-corrected chi connectivity index (χ1v) is 13.0. The van der Waals surface area contributed by atoms with Crippen molar-refractivity contribution in [1.29, 1.82) is 0 Å². The predicted octanol–water partition coefficient (Wildman–Crippen LogP) is 6.07. The SMILES string of the molecule is O=C(NC1CCCC1)C(Cc1ccccc1)N(Cc1ccccc1Cl)C(=O)COc1cccc(Cl)c1. The van der Waals surface area contributed by atoms with E-state index in [1.165, 1.54) is 0 Å². The van der Waals surface area contributed by atoms with Crippen molar-refractivity contribution in [2.45, 2.75) is 50.7 Å². The molecule has 5 nitrogen and oxygen atoms in total. The van der Waals surface area contributed by atoms with E-state index < -0.39 is 6.04 Å². The minimum atomic E-state index is -0.722. The number of carbonyl (C=O) groups excluding carboxylic acids is 2. The number of carbonyl (C=O) groups is 2. The zero-order chi connectivity index (χ0) is 25.3. The maximum Gasteiger partial charge on any atom is 0.261 e. The second-order valence-electron chi connectivity index (χ2n) is 9.05. The van der Waals surface area contributed by atoms with Gasteiger partial charge < -0.3 is 15.0 Å². The van der Waals surface area contributed by atoms with Gasteiger partial charge in [0, 0.05) is 29.1 Å². The molecular weight excluding hydrogens is 495 g/mol. The third-order valence-electron chi connectivity index (χ3n) is 6.43. The average molecular weight is 525 g/mol. The maximum absolute atomic E-state index is 13.6. The van der Waals surface area contributed by atoms with Crippen molar-refractivity contribution in [3.63, 3.8) is 0 Å². The van der Waals surface area contributed by atoms with Crippen molar-refractivity contribution >= 4 is 35.0 Å². The lowest BCUT2D eigenvalue weighted by molar-refractivity contribution is -0.143. The lowest BCUT2D eigenvalue weighted by Crippen LogP contribution is -2.53. The first-order chi connectivity index (χ1) is 17.5. The molecule has 0 spiro atoms. The number of benzene rings is 3. The van der Waals surface area contributed by atoms with Crippen LogP contribution in [0.5, 0.6) is 5.75 Å². The van der Waals surface area contributed by atoms with Gasteiger partial charge in [0.15, 0.2) is 6.61 Å². The number of rotatable bonds is 10. The van der Waals surface area contributed by atoms with E-state index in [9.17, 15) is 9.59 Å². The van der Waals surface area contributed by atoms with Gasteiger partial charge in [-0.2, -0.15) is 0 Å². The van der Waals surface area contributed by atoms with Crippen LogP contribution in [0.25, 0.3) is 0 Å². The summed E-state index contributed by atoms with van der Waals surface area (Å²) in [5.41, 5.74) is 1.73. The summed E-state index contributed by atoms with van der Waals surface area (Å²) in [5.74, 6) is 0.0230. The molecule has 0 saturated heterocycles. The molecule has 0 aromatic heterocycles. The van der Waals surface area contributed by atoms with Crippen LogP contribution in [0, 0.1) is 0 Å². The van der Waals surface area contributed by atoms with E-state index in [4.69, 9.17) is 27.9 Å². The van der Waals surface area contributed by atoms with Crippen molar-refractivity contribution in [3.05, 3.63) is 100 Å². The van der Waals surface area contributed by atoms with Crippen LogP contribution in [0.3, 0.4) is 0 Å². The molecule has 188 valence electrons. The Morgan fingerprint density at radius 1 is 0.944 bits per heavy atom.